The lowest BCUT2D eigenvalue weighted by Gasteiger charge is -2.25. The molecule has 1 atom stereocenters. The van der Waals surface area contributed by atoms with Crippen LogP contribution in [0.25, 0.3) is 0 Å². The maximum absolute atomic E-state index is 11.2. The minimum absolute atomic E-state index is 0.110. The van der Waals surface area contributed by atoms with E-state index in [-0.39, 0.29) is 5.97 Å². The number of carbonyl (C=O) groups excluding carboxylic acids is 1. The fraction of sp³-hybridized carbons (Fsp3) is 0.364. The molecule has 0 saturated carbocycles. The summed E-state index contributed by atoms with van der Waals surface area (Å²) in [4.78, 5) is 11.2. The maximum Gasteiger partial charge on any atom is 0.306 e. The Labute approximate surface area is 107 Å². The van der Waals surface area contributed by atoms with Gasteiger partial charge in [0.2, 0.25) is 0 Å². The van der Waals surface area contributed by atoms with Crippen LogP contribution < -0.4 is 0 Å². The first kappa shape index (κ1) is 11.2. The second kappa shape index (κ2) is 4.29. The van der Waals surface area contributed by atoms with Crippen molar-refractivity contribution in [3.63, 3.8) is 0 Å². The summed E-state index contributed by atoms with van der Waals surface area (Å²) in [5.74, 6) is -0.110. The lowest BCUT2D eigenvalue weighted by molar-refractivity contribution is -0.147. The molecule has 0 bridgehead atoms. The van der Waals surface area contributed by atoms with E-state index in [2.05, 4.69) is 22.6 Å². The average Bonchev–Trinajstić information content (AvgIpc) is 2.62. The van der Waals surface area contributed by atoms with Crippen molar-refractivity contribution in [2.45, 2.75) is 18.4 Å². The molecule has 1 heterocycles. The summed E-state index contributed by atoms with van der Waals surface area (Å²) in [5, 5.41) is 0.701. The fourth-order valence-electron chi connectivity index (χ4n) is 1.75. The number of ether oxygens (including phenoxy) is 1. The number of hydrogen-bond donors (Lipinski definition) is 0. The molecule has 1 aliphatic rings. The minimum atomic E-state index is -0.428. The molecule has 4 heteroatoms. The van der Waals surface area contributed by atoms with Crippen LogP contribution in [0, 0.1) is 0 Å². The zero-order chi connectivity index (χ0) is 10.9. The van der Waals surface area contributed by atoms with Gasteiger partial charge >= 0.3 is 5.97 Å². The number of alkyl halides is 1. The van der Waals surface area contributed by atoms with Gasteiger partial charge in [-0.05, 0) is 17.7 Å². The Morgan fingerprint density at radius 3 is 2.53 bits per heavy atom. The van der Waals surface area contributed by atoms with Crippen molar-refractivity contribution in [3.05, 3.63) is 34.9 Å². The number of hydrogen-bond acceptors (Lipinski definition) is 2. The van der Waals surface area contributed by atoms with Crippen LogP contribution in [0.5, 0.6) is 0 Å². The Bertz CT molecular complexity index is 377. The summed E-state index contributed by atoms with van der Waals surface area (Å²) in [6.07, 6.45) is 1.27. The first-order chi connectivity index (χ1) is 7.16. The van der Waals surface area contributed by atoms with Gasteiger partial charge in [-0.1, -0.05) is 46.3 Å². The molecule has 0 aliphatic carbocycles. The molecular weight excluding hydrogens is 326 g/mol. The van der Waals surface area contributed by atoms with Crippen LogP contribution in [0.1, 0.15) is 18.4 Å². The molecule has 15 heavy (non-hydrogen) atoms. The number of rotatable bonds is 2. The maximum atomic E-state index is 11.2. The predicted octanol–water partition coefficient (Wildman–Crippen LogP) is 3.31. The quantitative estimate of drug-likeness (QED) is 0.470. The van der Waals surface area contributed by atoms with E-state index in [1.54, 1.807) is 0 Å². The van der Waals surface area contributed by atoms with Gasteiger partial charge in [0, 0.05) is 22.3 Å². The monoisotopic (exact) mass is 336 g/mol. The molecule has 2 rings (SSSR count). The predicted molar refractivity (Wildman–Crippen MR) is 67.3 cm³/mol. The molecule has 1 unspecified atom stereocenters. The summed E-state index contributed by atoms with van der Waals surface area (Å²) in [7, 11) is 0. The Morgan fingerprint density at radius 2 is 2.07 bits per heavy atom. The highest BCUT2D eigenvalue weighted by Gasteiger charge is 2.40. The second-order valence-corrected chi connectivity index (χ2v) is 4.81. The van der Waals surface area contributed by atoms with Crippen molar-refractivity contribution in [2.75, 3.05) is 4.43 Å². The van der Waals surface area contributed by atoms with Crippen LogP contribution in [0.2, 0.25) is 5.02 Å². The summed E-state index contributed by atoms with van der Waals surface area (Å²) in [6, 6.07) is 7.52. The van der Waals surface area contributed by atoms with Gasteiger partial charge in [-0.25, -0.2) is 0 Å². The number of cyclic esters (lactones) is 1. The van der Waals surface area contributed by atoms with E-state index in [1.807, 2.05) is 24.3 Å². The zero-order valence-corrected chi connectivity index (χ0v) is 10.9. The summed E-state index contributed by atoms with van der Waals surface area (Å²) >= 11 is 8.08. The Morgan fingerprint density at radius 1 is 1.40 bits per heavy atom. The van der Waals surface area contributed by atoms with Crippen LogP contribution in [-0.2, 0) is 15.1 Å². The zero-order valence-electron chi connectivity index (χ0n) is 8.00. The van der Waals surface area contributed by atoms with E-state index >= 15 is 0 Å². The highest BCUT2D eigenvalue weighted by molar-refractivity contribution is 14.1. The molecule has 0 aromatic heterocycles. The van der Waals surface area contributed by atoms with Gasteiger partial charge in [-0.2, -0.15) is 0 Å². The molecule has 0 N–H and O–H groups in total. The van der Waals surface area contributed by atoms with Crippen molar-refractivity contribution in [1.82, 2.24) is 0 Å². The third-order valence-electron chi connectivity index (χ3n) is 2.63. The summed E-state index contributed by atoms with van der Waals surface area (Å²) in [5.41, 5.74) is 0.606. The van der Waals surface area contributed by atoms with Crippen LogP contribution in [0.4, 0.5) is 0 Å². The van der Waals surface area contributed by atoms with Gasteiger partial charge in [0.05, 0.1) is 0 Å². The van der Waals surface area contributed by atoms with E-state index in [1.165, 1.54) is 0 Å². The number of esters is 1. The van der Waals surface area contributed by atoms with Crippen LogP contribution >= 0.6 is 34.2 Å². The van der Waals surface area contributed by atoms with Gasteiger partial charge in [0.15, 0.2) is 0 Å². The molecular formula is C11H10ClIO2. The van der Waals surface area contributed by atoms with Crippen molar-refractivity contribution in [3.8, 4) is 0 Å². The van der Waals surface area contributed by atoms with E-state index in [0.29, 0.717) is 11.4 Å². The average molecular weight is 337 g/mol. The molecule has 1 aliphatic heterocycles. The largest absolute Gasteiger partial charge is 0.453 e. The minimum Gasteiger partial charge on any atom is -0.453 e. The van der Waals surface area contributed by atoms with Crippen LogP contribution in [-0.4, -0.2) is 10.4 Å². The van der Waals surface area contributed by atoms with Crippen molar-refractivity contribution >= 4 is 40.2 Å². The van der Waals surface area contributed by atoms with Gasteiger partial charge < -0.3 is 4.74 Å². The molecule has 1 aromatic rings. The fourth-order valence-corrected chi connectivity index (χ4v) is 2.86. The topological polar surface area (TPSA) is 26.3 Å². The van der Waals surface area contributed by atoms with Crippen LogP contribution in [0.3, 0.4) is 0 Å². The molecule has 80 valence electrons. The third kappa shape index (κ3) is 2.13. The standard InChI is InChI=1S/C11H10ClIO2/c12-9-3-1-8(2-4-9)11(7-13)6-5-10(14)15-11/h1-4H,5-7H2. The molecule has 0 amide bonds. The number of halogens is 2. The normalized spacial score (nSPS) is 25.3. The van der Waals surface area contributed by atoms with Gasteiger partial charge in [0.25, 0.3) is 0 Å². The summed E-state index contributed by atoms with van der Waals surface area (Å²) < 4.78 is 6.21. The van der Waals surface area contributed by atoms with Crippen molar-refractivity contribution < 1.29 is 9.53 Å². The highest BCUT2D eigenvalue weighted by Crippen LogP contribution is 2.38. The first-order valence-electron chi connectivity index (χ1n) is 4.70. The van der Waals surface area contributed by atoms with Gasteiger partial charge in [-0.15, -0.1) is 0 Å². The van der Waals surface area contributed by atoms with E-state index < -0.39 is 5.60 Å². The number of benzene rings is 1. The Kier molecular flexibility index (Phi) is 3.21. The van der Waals surface area contributed by atoms with Gasteiger partial charge in [0.1, 0.15) is 5.60 Å². The second-order valence-electron chi connectivity index (χ2n) is 3.61. The molecule has 2 nitrogen and oxygen atoms in total. The van der Waals surface area contributed by atoms with Crippen molar-refractivity contribution in [2.24, 2.45) is 0 Å². The summed E-state index contributed by atoms with van der Waals surface area (Å²) in [6.45, 7) is 0. The van der Waals surface area contributed by atoms with Crippen LogP contribution in [0.15, 0.2) is 24.3 Å². The van der Waals surface area contributed by atoms with E-state index in [0.717, 1.165) is 16.4 Å². The Hall–Kier alpha value is -0.290. The first-order valence-corrected chi connectivity index (χ1v) is 6.60. The van der Waals surface area contributed by atoms with Crippen molar-refractivity contribution in [1.29, 1.82) is 0 Å². The van der Waals surface area contributed by atoms with Gasteiger partial charge in [-0.3, -0.25) is 4.79 Å². The molecule has 0 spiro atoms. The number of carbonyl (C=O) groups is 1. The van der Waals surface area contributed by atoms with E-state index in [9.17, 15) is 4.79 Å². The smallest absolute Gasteiger partial charge is 0.306 e. The lowest BCUT2D eigenvalue weighted by atomic mass is 9.93. The molecule has 0 radical (unpaired) electrons. The third-order valence-corrected chi connectivity index (χ3v) is 4.11. The van der Waals surface area contributed by atoms with E-state index in [4.69, 9.17) is 16.3 Å². The molecule has 1 fully saturated rings. The molecule has 1 saturated heterocycles. The lowest BCUT2D eigenvalue weighted by Crippen LogP contribution is -2.27. The molecule has 1 aromatic carbocycles. The highest BCUT2D eigenvalue weighted by atomic mass is 127. The SMILES string of the molecule is O=C1CCC(CI)(c2ccc(Cl)cc2)O1. The Balaban J connectivity index is 2.34.